The van der Waals surface area contributed by atoms with E-state index < -0.39 is 0 Å². The Bertz CT molecular complexity index is 147. The minimum Gasteiger partial charge on any atom is -0.396 e. The van der Waals surface area contributed by atoms with Gasteiger partial charge in [-0.05, 0) is 0 Å². The van der Waals surface area contributed by atoms with Gasteiger partial charge in [0.25, 0.3) is 0 Å². The Morgan fingerprint density at radius 3 is 1.39 bits per heavy atom. The molecular weight excluding hydrogens is 308 g/mol. The molecule has 0 bridgehead atoms. The molecular formula is C11H24O3S4. The third kappa shape index (κ3) is 15.3. The van der Waals surface area contributed by atoms with Crippen LogP contribution >= 0.6 is 47.0 Å². The average molecular weight is 333 g/mol. The molecule has 18 heavy (non-hydrogen) atoms. The molecule has 0 heterocycles. The second-order valence-corrected chi connectivity index (χ2v) is 8.22. The molecule has 0 atom stereocenters. The van der Waals surface area contributed by atoms with Crippen molar-refractivity contribution in [1.29, 1.82) is 0 Å². The lowest BCUT2D eigenvalue weighted by Gasteiger charge is -2.09. The molecule has 0 radical (unpaired) electrons. The number of rotatable bonds is 14. The lowest BCUT2D eigenvalue weighted by molar-refractivity contribution is 0.225. The number of aliphatic hydroxyl groups is 3. The van der Waals surface area contributed by atoms with Gasteiger partial charge in [-0.3, -0.25) is 0 Å². The fourth-order valence-electron chi connectivity index (χ4n) is 1.06. The highest BCUT2D eigenvalue weighted by Crippen LogP contribution is 2.12. The molecule has 0 aliphatic heterocycles. The van der Waals surface area contributed by atoms with Crippen LogP contribution in [0.25, 0.3) is 0 Å². The molecule has 3 nitrogen and oxygen atoms in total. The van der Waals surface area contributed by atoms with E-state index in [1.54, 1.807) is 47.0 Å². The second kappa shape index (κ2) is 16.3. The van der Waals surface area contributed by atoms with Crippen molar-refractivity contribution < 1.29 is 15.3 Å². The van der Waals surface area contributed by atoms with Crippen molar-refractivity contribution in [3.63, 3.8) is 0 Å². The highest BCUT2D eigenvalue weighted by molar-refractivity contribution is 8.03. The highest BCUT2D eigenvalue weighted by Gasteiger charge is 2.04. The molecule has 0 saturated heterocycles. The lowest BCUT2D eigenvalue weighted by atomic mass is 10.5. The highest BCUT2D eigenvalue weighted by atomic mass is 32.2. The van der Waals surface area contributed by atoms with E-state index in [-0.39, 0.29) is 19.3 Å². The Morgan fingerprint density at radius 2 is 1.00 bits per heavy atom. The molecule has 0 spiro atoms. The molecule has 0 aliphatic rings. The second-order valence-electron chi connectivity index (χ2n) is 3.48. The lowest BCUT2D eigenvalue weighted by Crippen LogP contribution is -2.14. The molecule has 0 saturated carbocycles. The molecule has 0 aromatic heterocycles. The zero-order valence-corrected chi connectivity index (χ0v) is 13.9. The van der Waals surface area contributed by atoms with E-state index in [1.807, 2.05) is 0 Å². The maximum absolute atomic E-state index is 9.72. The van der Waals surface area contributed by atoms with Gasteiger partial charge in [0.2, 0.25) is 0 Å². The Balaban J connectivity index is 3.10. The quantitative estimate of drug-likeness (QED) is 0.414. The largest absolute Gasteiger partial charge is 0.396 e. The SMILES string of the molecule is OCCSCCSCC(O)CSCCSCCO. The molecule has 0 fully saturated rings. The van der Waals surface area contributed by atoms with E-state index in [2.05, 4.69) is 0 Å². The molecule has 0 rings (SSSR count). The van der Waals surface area contributed by atoms with Gasteiger partial charge in [-0.2, -0.15) is 47.0 Å². The fourth-order valence-corrected chi connectivity index (χ4v) is 4.87. The van der Waals surface area contributed by atoms with Crippen LogP contribution in [0.3, 0.4) is 0 Å². The molecule has 0 aliphatic carbocycles. The van der Waals surface area contributed by atoms with E-state index >= 15 is 0 Å². The minimum absolute atomic E-state index is 0.217. The number of aliphatic hydroxyl groups excluding tert-OH is 3. The van der Waals surface area contributed by atoms with Gasteiger partial charge >= 0.3 is 0 Å². The first-order valence-electron chi connectivity index (χ1n) is 6.02. The van der Waals surface area contributed by atoms with Crippen LogP contribution in [-0.4, -0.2) is 80.7 Å². The summed E-state index contributed by atoms with van der Waals surface area (Å²) in [5.74, 6) is 7.39. The summed E-state index contributed by atoms with van der Waals surface area (Å²) < 4.78 is 0. The van der Waals surface area contributed by atoms with Crippen LogP contribution in [0.15, 0.2) is 0 Å². The van der Waals surface area contributed by atoms with Crippen molar-refractivity contribution in [2.75, 3.05) is 59.2 Å². The first-order valence-corrected chi connectivity index (χ1v) is 10.6. The Hall–Kier alpha value is 1.28. The normalized spacial score (nSPS) is 11.3. The van der Waals surface area contributed by atoms with Crippen molar-refractivity contribution in [1.82, 2.24) is 0 Å². The molecule has 0 unspecified atom stereocenters. The van der Waals surface area contributed by atoms with Crippen LogP contribution in [0.5, 0.6) is 0 Å². The Morgan fingerprint density at radius 1 is 0.611 bits per heavy atom. The maximum atomic E-state index is 9.72. The van der Waals surface area contributed by atoms with Crippen LogP contribution in [0.4, 0.5) is 0 Å². The molecule has 0 aromatic rings. The number of thioether (sulfide) groups is 4. The summed E-state index contributed by atoms with van der Waals surface area (Å²) >= 11 is 7.07. The average Bonchev–Trinajstić information content (AvgIpc) is 2.38. The van der Waals surface area contributed by atoms with Gasteiger partial charge in [0.15, 0.2) is 0 Å². The fraction of sp³-hybridized carbons (Fsp3) is 1.00. The number of hydrogen-bond acceptors (Lipinski definition) is 7. The van der Waals surface area contributed by atoms with Crippen LogP contribution in [-0.2, 0) is 0 Å². The van der Waals surface area contributed by atoms with E-state index in [9.17, 15) is 5.11 Å². The minimum atomic E-state index is -0.217. The molecule has 0 amide bonds. The topological polar surface area (TPSA) is 60.7 Å². The van der Waals surface area contributed by atoms with Crippen LogP contribution in [0, 0.1) is 0 Å². The molecule has 0 aromatic carbocycles. The Labute approximate surface area is 127 Å². The third-order valence-corrected chi connectivity index (χ3v) is 6.51. The van der Waals surface area contributed by atoms with E-state index in [1.165, 1.54) is 0 Å². The van der Waals surface area contributed by atoms with Crippen molar-refractivity contribution in [2.24, 2.45) is 0 Å². The predicted molar refractivity (Wildman–Crippen MR) is 89.5 cm³/mol. The molecule has 7 heteroatoms. The van der Waals surface area contributed by atoms with E-state index in [0.29, 0.717) is 0 Å². The molecule has 110 valence electrons. The summed E-state index contributed by atoms with van der Waals surface area (Å²) in [5, 5.41) is 26.9. The zero-order chi connectivity index (χ0) is 13.5. The summed E-state index contributed by atoms with van der Waals surface area (Å²) in [6.45, 7) is 0.506. The zero-order valence-electron chi connectivity index (χ0n) is 10.6. The summed E-state index contributed by atoms with van der Waals surface area (Å²) in [4.78, 5) is 0. The maximum Gasteiger partial charge on any atom is 0.0720 e. The Kier molecular flexibility index (Phi) is 17.5. The van der Waals surface area contributed by atoms with Gasteiger partial charge in [0, 0.05) is 46.0 Å². The molecule has 3 N–H and O–H groups in total. The van der Waals surface area contributed by atoms with Gasteiger partial charge in [0.05, 0.1) is 19.3 Å². The first-order chi connectivity index (χ1) is 8.81. The van der Waals surface area contributed by atoms with Crippen LogP contribution in [0.1, 0.15) is 0 Å². The van der Waals surface area contributed by atoms with Gasteiger partial charge in [-0.1, -0.05) is 0 Å². The summed E-state index contributed by atoms with van der Waals surface area (Å²) in [6, 6.07) is 0. The van der Waals surface area contributed by atoms with Gasteiger partial charge in [-0.25, -0.2) is 0 Å². The predicted octanol–water partition coefficient (Wildman–Crippen LogP) is 1.26. The first kappa shape index (κ1) is 19.3. The van der Waals surface area contributed by atoms with Crippen LogP contribution < -0.4 is 0 Å². The van der Waals surface area contributed by atoms with Gasteiger partial charge < -0.3 is 15.3 Å². The summed E-state index contributed by atoms with van der Waals surface area (Å²) in [7, 11) is 0. The van der Waals surface area contributed by atoms with E-state index in [0.717, 1.165) is 46.0 Å². The third-order valence-electron chi connectivity index (χ3n) is 1.84. The van der Waals surface area contributed by atoms with Gasteiger partial charge in [0.1, 0.15) is 0 Å². The van der Waals surface area contributed by atoms with Crippen molar-refractivity contribution in [3.8, 4) is 0 Å². The van der Waals surface area contributed by atoms with Gasteiger partial charge in [-0.15, -0.1) is 0 Å². The summed E-state index contributed by atoms with van der Waals surface area (Å²) in [5.41, 5.74) is 0. The van der Waals surface area contributed by atoms with Crippen LogP contribution in [0.2, 0.25) is 0 Å². The monoisotopic (exact) mass is 332 g/mol. The smallest absolute Gasteiger partial charge is 0.0720 e. The van der Waals surface area contributed by atoms with E-state index in [4.69, 9.17) is 10.2 Å². The standard InChI is InChI=1S/C11H24O3S4/c12-1-3-15-5-7-17-9-11(14)10-18-8-6-16-4-2-13/h11-14H,1-10H2. The number of hydrogen-bond donors (Lipinski definition) is 3. The van der Waals surface area contributed by atoms with Crippen molar-refractivity contribution in [3.05, 3.63) is 0 Å². The summed E-state index contributed by atoms with van der Waals surface area (Å²) in [6.07, 6.45) is -0.217. The van der Waals surface area contributed by atoms with Crippen molar-refractivity contribution >= 4 is 47.0 Å². The van der Waals surface area contributed by atoms with Crippen molar-refractivity contribution in [2.45, 2.75) is 6.10 Å².